The monoisotopic (exact) mass is 325 g/mol. The van der Waals surface area contributed by atoms with Gasteiger partial charge in [0.2, 0.25) is 0 Å². The van der Waals surface area contributed by atoms with E-state index in [-0.39, 0.29) is 5.56 Å². The smallest absolute Gasteiger partial charge is 0.262 e. The summed E-state index contributed by atoms with van der Waals surface area (Å²) in [7, 11) is 0. The van der Waals surface area contributed by atoms with Crippen molar-refractivity contribution >= 4 is 22.7 Å². The fourth-order valence-corrected chi connectivity index (χ4v) is 3.38. The molecule has 0 aliphatic rings. The van der Waals surface area contributed by atoms with Crippen LogP contribution in [0.2, 0.25) is 0 Å². The van der Waals surface area contributed by atoms with Crippen molar-refractivity contribution in [1.82, 2.24) is 14.5 Å². The highest BCUT2D eigenvalue weighted by molar-refractivity contribution is 7.98. The van der Waals surface area contributed by atoms with Gasteiger partial charge in [0.15, 0.2) is 5.16 Å². The molecule has 0 bridgehead atoms. The molecule has 1 aromatic carbocycles. The number of fused-ring (bicyclic) bond motifs is 1. The largest absolute Gasteiger partial charge is 0.287 e. The van der Waals surface area contributed by atoms with Crippen LogP contribution in [0.1, 0.15) is 25.3 Å². The molecule has 0 unspecified atom stereocenters. The Balaban J connectivity index is 1.97. The molecule has 2 heterocycles. The summed E-state index contributed by atoms with van der Waals surface area (Å²) in [5, 5.41) is 1.48. The molecular formula is C18H19N3OS. The molecule has 3 rings (SSSR count). The Morgan fingerprint density at radius 1 is 1.13 bits per heavy atom. The van der Waals surface area contributed by atoms with E-state index in [1.807, 2.05) is 41.0 Å². The van der Waals surface area contributed by atoms with Gasteiger partial charge in [-0.2, -0.15) is 0 Å². The molecule has 3 aromatic rings. The molecule has 0 atom stereocenters. The molecule has 0 aliphatic heterocycles. The summed E-state index contributed by atoms with van der Waals surface area (Å²) in [6, 6.07) is 11.5. The van der Waals surface area contributed by atoms with Gasteiger partial charge in [-0.25, -0.2) is 4.98 Å². The van der Waals surface area contributed by atoms with Crippen LogP contribution in [0.5, 0.6) is 0 Å². The van der Waals surface area contributed by atoms with E-state index < -0.39 is 0 Å². The van der Waals surface area contributed by atoms with Gasteiger partial charge < -0.3 is 0 Å². The zero-order valence-electron chi connectivity index (χ0n) is 13.1. The number of unbranched alkanes of at least 4 members (excludes halogenated alkanes) is 1. The van der Waals surface area contributed by atoms with Crippen LogP contribution in [0, 0.1) is 0 Å². The number of nitrogens with zero attached hydrogens (tertiary/aromatic N) is 3. The lowest BCUT2D eigenvalue weighted by Gasteiger charge is -2.12. The topological polar surface area (TPSA) is 47.8 Å². The van der Waals surface area contributed by atoms with Crippen molar-refractivity contribution in [2.24, 2.45) is 0 Å². The first-order valence-electron chi connectivity index (χ1n) is 7.81. The molecular weight excluding hydrogens is 306 g/mol. The molecule has 0 spiro atoms. The minimum Gasteiger partial charge on any atom is -0.287 e. The number of hydrogen-bond donors (Lipinski definition) is 0. The fraction of sp³-hybridized carbons (Fsp3) is 0.278. The summed E-state index contributed by atoms with van der Waals surface area (Å²) < 4.78 is 1.82. The third-order valence-electron chi connectivity index (χ3n) is 3.68. The maximum absolute atomic E-state index is 12.8. The molecule has 4 nitrogen and oxygen atoms in total. The van der Waals surface area contributed by atoms with E-state index in [4.69, 9.17) is 4.98 Å². The lowest BCUT2D eigenvalue weighted by molar-refractivity contribution is 0.557. The molecule has 0 amide bonds. The molecule has 118 valence electrons. The number of aromatic nitrogens is 3. The van der Waals surface area contributed by atoms with Crippen molar-refractivity contribution in [3.63, 3.8) is 0 Å². The molecule has 0 N–H and O–H groups in total. The van der Waals surface area contributed by atoms with Crippen LogP contribution in [-0.2, 0) is 12.3 Å². The second kappa shape index (κ2) is 7.42. The predicted molar refractivity (Wildman–Crippen MR) is 94.7 cm³/mol. The van der Waals surface area contributed by atoms with Crippen molar-refractivity contribution in [1.29, 1.82) is 0 Å². The van der Waals surface area contributed by atoms with Crippen LogP contribution in [0.4, 0.5) is 0 Å². The van der Waals surface area contributed by atoms with Gasteiger partial charge in [0.1, 0.15) is 0 Å². The Bertz CT molecular complexity index is 846. The van der Waals surface area contributed by atoms with Crippen LogP contribution < -0.4 is 5.56 Å². The zero-order valence-corrected chi connectivity index (χ0v) is 13.9. The van der Waals surface area contributed by atoms with Crippen molar-refractivity contribution in [3.8, 4) is 0 Å². The highest BCUT2D eigenvalue weighted by atomic mass is 32.2. The number of hydrogen-bond acceptors (Lipinski definition) is 4. The lowest BCUT2D eigenvalue weighted by atomic mass is 10.2. The van der Waals surface area contributed by atoms with E-state index >= 15 is 0 Å². The summed E-state index contributed by atoms with van der Waals surface area (Å²) in [5.41, 5.74) is 2.00. The van der Waals surface area contributed by atoms with Crippen LogP contribution in [0.25, 0.3) is 10.9 Å². The number of rotatable bonds is 6. The number of benzene rings is 1. The van der Waals surface area contributed by atoms with Gasteiger partial charge in [0, 0.05) is 24.7 Å². The van der Waals surface area contributed by atoms with Crippen molar-refractivity contribution < 1.29 is 0 Å². The van der Waals surface area contributed by atoms with Gasteiger partial charge in [-0.1, -0.05) is 37.2 Å². The number of para-hydroxylation sites is 1. The summed E-state index contributed by atoms with van der Waals surface area (Å²) >= 11 is 1.60. The first kappa shape index (κ1) is 15.7. The molecule has 0 saturated heterocycles. The molecule has 0 aliphatic carbocycles. The van der Waals surface area contributed by atoms with E-state index in [2.05, 4.69) is 11.9 Å². The Labute approximate surface area is 139 Å². The first-order valence-corrected chi connectivity index (χ1v) is 8.79. The highest BCUT2D eigenvalue weighted by Crippen LogP contribution is 2.22. The van der Waals surface area contributed by atoms with E-state index in [0.717, 1.165) is 29.3 Å². The lowest BCUT2D eigenvalue weighted by Crippen LogP contribution is -2.23. The van der Waals surface area contributed by atoms with Crippen molar-refractivity contribution in [3.05, 3.63) is 64.7 Å². The van der Waals surface area contributed by atoms with Crippen molar-refractivity contribution in [2.45, 2.75) is 37.2 Å². The average Bonchev–Trinajstić information content (AvgIpc) is 2.60. The van der Waals surface area contributed by atoms with Gasteiger partial charge in [0.25, 0.3) is 5.56 Å². The number of thioether (sulfide) groups is 1. The second-order valence-electron chi connectivity index (χ2n) is 5.37. The van der Waals surface area contributed by atoms with E-state index in [1.165, 1.54) is 5.56 Å². The minimum absolute atomic E-state index is 0.0567. The van der Waals surface area contributed by atoms with Gasteiger partial charge in [0.05, 0.1) is 10.9 Å². The average molecular weight is 325 g/mol. The first-order chi connectivity index (χ1) is 11.3. The molecule has 5 heteroatoms. The standard InChI is InChI=1S/C18H19N3OS/c1-2-3-12-21-17(22)15-6-4-5-7-16(15)20-18(21)23-13-14-8-10-19-11-9-14/h4-11H,2-3,12-13H2,1H3. The Hall–Kier alpha value is -2.14. The molecule has 0 saturated carbocycles. The van der Waals surface area contributed by atoms with E-state index in [9.17, 15) is 4.79 Å². The Morgan fingerprint density at radius 3 is 2.70 bits per heavy atom. The van der Waals surface area contributed by atoms with Crippen LogP contribution in [0.3, 0.4) is 0 Å². The quantitative estimate of drug-likeness (QED) is 0.510. The maximum Gasteiger partial charge on any atom is 0.262 e. The van der Waals surface area contributed by atoms with Gasteiger partial charge in [-0.15, -0.1) is 0 Å². The normalized spacial score (nSPS) is 11.0. The Morgan fingerprint density at radius 2 is 1.91 bits per heavy atom. The zero-order chi connectivity index (χ0) is 16.1. The van der Waals surface area contributed by atoms with Crippen LogP contribution in [0.15, 0.2) is 58.7 Å². The van der Waals surface area contributed by atoms with E-state index in [1.54, 1.807) is 24.2 Å². The van der Waals surface area contributed by atoms with Crippen LogP contribution >= 0.6 is 11.8 Å². The summed E-state index contributed by atoms with van der Waals surface area (Å²) in [5.74, 6) is 0.777. The Kier molecular flexibility index (Phi) is 5.08. The number of pyridine rings is 1. The molecule has 23 heavy (non-hydrogen) atoms. The van der Waals surface area contributed by atoms with Crippen molar-refractivity contribution in [2.75, 3.05) is 0 Å². The highest BCUT2D eigenvalue weighted by Gasteiger charge is 2.11. The fourth-order valence-electron chi connectivity index (χ4n) is 2.40. The maximum atomic E-state index is 12.8. The minimum atomic E-state index is 0.0567. The summed E-state index contributed by atoms with van der Waals surface area (Å²) in [6.07, 6.45) is 5.60. The SMILES string of the molecule is CCCCn1c(SCc2ccncc2)nc2ccccc2c1=O. The van der Waals surface area contributed by atoms with Crippen LogP contribution in [-0.4, -0.2) is 14.5 Å². The third kappa shape index (κ3) is 3.62. The third-order valence-corrected chi connectivity index (χ3v) is 4.73. The van der Waals surface area contributed by atoms with Gasteiger partial charge in [-0.3, -0.25) is 14.3 Å². The second-order valence-corrected chi connectivity index (χ2v) is 6.31. The molecule has 2 aromatic heterocycles. The van der Waals surface area contributed by atoms with Gasteiger partial charge >= 0.3 is 0 Å². The summed E-state index contributed by atoms with van der Waals surface area (Å²) in [4.78, 5) is 21.5. The summed E-state index contributed by atoms with van der Waals surface area (Å²) in [6.45, 7) is 2.84. The van der Waals surface area contributed by atoms with E-state index in [0.29, 0.717) is 11.9 Å². The predicted octanol–water partition coefficient (Wildman–Crippen LogP) is 3.88. The molecule has 0 fully saturated rings. The van der Waals surface area contributed by atoms with Gasteiger partial charge in [-0.05, 0) is 36.2 Å². The molecule has 0 radical (unpaired) electrons.